The van der Waals surface area contributed by atoms with Gasteiger partial charge in [0.15, 0.2) is 5.01 Å². The summed E-state index contributed by atoms with van der Waals surface area (Å²) < 4.78 is 11.9. The zero-order valence-corrected chi connectivity index (χ0v) is 15.8. The number of nitrogens with one attached hydrogen (secondary N) is 1. The van der Waals surface area contributed by atoms with Crippen molar-refractivity contribution in [3.63, 3.8) is 0 Å². The third-order valence-electron chi connectivity index (χ3n) is 4.45. The number of morpholine rings is 1. The van der Waals surface area contributed by atoms with E-state index in [1.807, 2.05) is 24.3 Å². The van der Waals surface area contributed by atoms with Crippen molar-refractivity contribution >= 4 is 33.1 Å². The van der Waals surface area contributed by atoms with Crippen LogP contribution in [0.4, 0.5) is 5.69 Å². The average molecular weight is 384 g/mol. The third-order valence-corrected chi connectivity index (χ3v) is 5.53. The predicted octanol–water partition coefficient (Wildman–Crippen LogP) is 2.47. The first-order valence-electron chi connectivity index (χ1n) is 8.73. The van der Waals surface area contributed by atoms with Crippen LogP contribution in [0, 0.1) is 0 Å². The highest BCUT2D eigenvalue weighted by molar-refractivity contribution is 7.21. The number of ether oxygens (including phenoxy) is 2. The number of rotatable bonds is 5. The lowest BCUT2D eigenvalue weighted by atomic mass is 10.2. The van der Waals surface area contributed by atoms with Crippen LogP contribution >= 0.6 is 11.3 Å². The molecular formula is C19H20N4O3S. The van der Waals surface area contributed by atoms with E-state index in [0.29, 0.717) is 30.5 Å². The zero-order chi connectivity index (χ0) is 18.6. The summed E-state index contributed by atoms with van der Waals surface area (Å²) in [7, 11) is 1.62. The van der Waals surface area contributed by atoms with Crippen LogP contribution in [0.3, 0.4) is 0 Å². The third kappa shape index (κ3) is 3.72. The number of carbonyl (C=O) groups excluding carboxylic acids is 1. The number of hydrogen-bond acceptors (Lipinski definition) is 7. The van der Waals surface area contributed by atoms with Gasteiger partial charge in [0.1, 0.15) is 11.3 Å². The molecule has 7 nitrogen and oxygen atoms in total. The summed E-state index contributed by atoms with van der Waals surface area (Å²) in [5.74, 6) is 0.481. The number of amides is 1. The number of pyridine rings is 1. The first-order chi connectivity index (χ1) is 13.3. The quantitative estimate of drug-likeness (QED) is 0.728. The van der Waals surface area contributed by atoms with Crippen LogP contribution in [0.25, 0.3) is 10.2 Å². The van der Waals surface area contributed by atoms with Crippen molar-refractivity contribution in [3.8, 4) is 5.75 Å². The lowest BCUT2D eigenvalue weighted by Gasteiger charge is -2.29. The molecule has 1 saturated heterocycles. The van der Waals surface area contributed by atoms with Gasteiger partial charge in [-0.2, -0.15) is 0 Å². The van der Waals surface area contributed by atoms with Crippen LogP contribution in [0.1, 0.15) is 15.4 Å². The van der Waals surface area contributed by atoms with Crippen LogP contribution in [0.5, 0.6) is 5.75 Å². The fraction of sp³-hybridized carbons (Fsp3) is 0.316. The molecule has 0 bridgehead atoms. The van der Waals surface area contributed by atoms with E-state index in [1.54, 1.807) is 19.5 Å². The molecule has 1 aliphatic heterocycles. The Morgan fingerprint density at radius 3 is 2.78 bits per heavy atom. The summed E-state index contributed by atoms with van der Waals surface area (Å²) in [5, 5.41) is 3.35. The maximum Gasteiger partial charge on any atom is 0.280 e. The first kappa shape index (κ1) is 17.7. The summed E-state index contributed by atoms with van der Waals surface area (Å²) in [4.78, 5) is 23.4. The minimum atomic E-state index is -0.192. The van der Waals surface area contributed by atoms with E-state index in [-0.39, 0.29) is 5.91 Å². The Balaban J connectivity index is 1.62. The highest BCUT2D eigenvalue weighted by atomic mass is 32.1. The molecule has 0 saturated carbocycles. The number of methoxy groups -OCH3 is 1. The number of anilines is 1. The zero-order valence-electron chi connectivity index (χ0n) is 15.0. The molecule has 0 radical (unpaired) electrons. The average Bonchev–Trinajstić information content (AvgIpc) is 3.18. The van der Waals surface area contributed by atoms with Gasteiger partial charge >= 0.3 is 0 Å². The molecule has 1 fully saturated rings. The molecule has 3 heterocycles. The summed E-state index contributed by atoms with van der Waals surface area (Å²) in [5.41, 5.74) is 2.78. The predicted molar refractivity (Wildman–Crippen MR) is 105 cm³/mol. The summed E-state index contributed by atoms with van der Waals surface area (Å²) in [6.07, 6.45) is 3.41. The molecule has 2 aromatic heterocycles. The highest BCUT2D eigenvalue weighted by Crippen LogP contribution is 2.37. The monoisotopic (exact) mass is 384 g/mol. The van der Waals surface area contributed by atoms with E-state index in [9.17, 15) is 4.79 Å². The number of aromatic nitrogens is 2. The van der Waals surface area contributed by atoms with E-state index in [0.717, 1.165) is 34.6 Å². The molecule has 3 aromatic rings. The van der Waals surface area contributed by atoms with Gasteiger partial charge in [0.2, 0.25) is 0 Å². The summed E-state index contributed by atoms with van der Waals surface area (Å²) in [6, 6.07) is 7.69. The Bertz CT molecular complexity index is 939. The molecule has 1 aromatic carbocycles. The van der Waals surface area contributed by atoms with Gasteiger partial charge in [-0.3, -0.25) is 9.78 Å². The fourth-order valence-corrected chi connectivity index (χ4v) is 4.08. The lowest BCUT2D eigenvalue weighted by Crippen LogP contribution is -2.36. The molecule has 8 heteroatoms. The van der Waals surface area contributed by atoms with Crippen molar-refractivity contribution < 1.29 is 14.3 Å². The van der Waals surface area contributed by atoms with Crippen molar-refractivity contribution in [2.24, 2.45) is 0 Å². The Morgan fingerprint density at radius 2 is 2.04 bits per heavy atom. The maximum atomic E-state index is 12.6. The highest BCUT2D eigenvalue weighted by Gasteiger charge is 2.21. The topological polar surface area (TPSA) is 76.6 Å². The molecule has 0 spiro atoms. The Labute approximate surface area is 160 Å². The summed E-state index contributed by atoms with van der Waals surface area (Å²) in [6.45, 7) is 3.48. The fourth-order valence-electron chi connectivity index (χ4n) is 3.04. The van der Waals surface area contributed by atoms with Gasteiger partial charge in [-0.25, -0.2) is 4.98 Å². The smallest absolute Gasteiger partial charge is 0.280 e. The minimum Gasteiger partial charge on any atom is -0.494 e. The SMILES string of the molecule is COc1ccc(N2CCOCC2)c2sc(C(=O)NCc3ccncc3)nc12. The molecule has 0 atom stereocenters. The van der Waals surface area contributed by atoms with Crippen LogP contribution < -0.4 is 15.0 Å². The lowest BCUT2D eigenvalue weighted by molar-refractivity contribution is 0.0950. The van der Waals surface area contributed by atoms with Crippen molar-refractivity contribution in [2.45, 2.75) is 6.54 Å². The van der Waals surface area contributed by atoms with Gasteiger partial charge in [0.05, 0.1) is 30.7 Å². The van der Waals surface area contributed by atoms with E-state index in [1.165, 1.54) is 11.3 Å². The van der Waals surface area contributed by atoms with Gasteiger partial charge in [-0.05, 0) is 29.8 Å². The number of fused-ring (bicyclic) bond motifs is 1. The van der Waals surface area contributed by atoms with Crippen molar-refractivity contribution in [1.29, 1.82) is 0 Å². The molecule has 1 amide bonds. The van der Waals surface area contributed by atoms with E-state index in [4.69, 9.17) is 9.47 Å². The molecule has 0 unspecified atom stereocenters. The molecule has 140 valence electrons. The Hall–Kier alpha value is -2.71. The Kier molecular flexibility index (Phi) is 5.17. The normalized spacial score (nSPS) is 14.3. The number of carbonyl (C=O) groups is 1. The molecular weight excluding hydrogens is 364 g/mol. The minimum absolute atomic E-state index is 0.192. The van der Waals surface area contributed by atoms with Gasteiger partial charge in [-0.1, -0.05) is 0 Å². The summed E-state index contributed by atoms with van der Waals surface area (Å²) >= 11 is 1.39. The van der Waals surface area contributed by atoms with E-state index in [2.05, 4.69) is 20.2 Å². The second-order valence-corrected chi connectivity index (χ2v) is 7.12. The van der Waals surface area contributed by atoms with Crippen molar-refractivity contribution in [3.05, 3.63) is 47.2 Å². The second-order valence-electron chi connectivity index (χ2n) is 6.12. The first-order valence-corrected chi connectivity index (χ1v) is 9.55. The molecule has 1 N–H and O–H groups in total. The number of thiazole rings is 1. The van der Waals surface area contributed by atoms with Crippen LogP contribution in [0.15, 0.2) is 36.7 Å². The van der Waals surface area contributed by atoms with Crippen LogP contribution in [0.2, 0.25) is 0 Å². The van der Waals surface area contributed by atoms with Crippen LogP contribution in [-0.2, 0) is 11.3 Å². The second kappa shape index (κ2) is 7.89. The van der Waals surface area contributed by atoms with Gasteiger partial charge in [-0.15, -0.1) is 11.3 Å². The van der Waals surface area contributed by atoms with E-state index >= 15 is 0 Å². The number of nitrogens with zero attached hydrogens (tertiary/aromatic N) is 3. The standard InChI is InChI=1S/C19H20N4O3S/c1-25-15-3-2-14(23-8-10-26-11-9-23)17-16(15)22-19(27-17)18(24)21-12-13-4-6-20-7-5-13/h2-7H,8-12H2,1H3,(H,21,24). The van der Waals surface area contributed by atoms with Crippen molar-refractivity contribution in [1.82, 2.24) is 15.3 Å². The largest absolute Gasteiger partial charge is 0.494 e. The van der Waals surface area contributed by atoms with Gasteiger partial charge < -0.3 is 19.7 Å². The molecule has 1 aliphatic rings. The van der Waals surface area contributed by atoms with Crippen molar-refractivity contribution in [2.75, 3.05) is 38.3 Å². The number of hydrogen-bond donors (Lipinski definition) is 1. The molecule has 0 aliphatic carbocycles. The van der Waals surface area contributed by atoms with Gasteiger partial charge in [0.25, 0.3) is 5.91 Å². The molecule has 4 rings (SSSR count). The number of benzene rings is 1. The van der Waals surface area contributed by atoms with Crippen LogP contribution in [-0.4, -0.2) is 49.3 Å². The van der Waals surface area contributed by atoms with E-state index < -0.39 is 0 Å². The van der Waals surface area contributed by atoms with Gasteiger partial charge in [0, 0.05) is 32.0 Å². The Morgan fingerprint density at radius 1 is 1.26 bits per heavy atom. The molecule has 27 heavy (non-hydrogen) atoms. The maximum absolute atomic E-state index is 12.6.